The number of para-hydroxylation sites is 1. The van der Waals surface area contributed by atoms with Gasteiger partial charge in [0.05, 0.1) is 5.52 Å². The highest BCUT2D eigenvalue weighted by Crippen LogP contribution is 2.29. The van der Waals surface area contributed by atoms with E-state index in [9.17, 15) is 0 Å². The molecule has 3 rings (SSSR count). The van der Waals surface area contributed by atoms with E-state index in [0.29, 0.717) is 0 Å². The first kappa shape index (κ1) is 13.2. The Morgan fingerprint density at radius 3 is 2.43 bits per heavy atom. The average molecular weight is 278 g/mol. The Kier molecular flexibility index (Phi) is 3.31. The van der Waals surface area contributed by atoms with Gasteiger partial charge in [-0.3, -0.25) is 0 Å². The van der Waals surface area contributed by atoms with Crippen LogP contribution in [0.25, 0.3) is 10.9 Å². The molecule has 21 heavy (non-hydrogen) atoms. The van der Waals surface area contributed by atoms with E-state index in [2.05, 4.69) is 15.1 Å². The molecule has 0 saturated heterocycles. The van der Waals surface area contributed by atoms with Gasteiger partial charge in [0, 0.05) is 18.1 Å². The molecule has 1 heterocycles. The van der Waals surface area contributed by atoms with Gasteiger partial charge in [-0.15, -0.1) is 0 Å². The molecule has 0 spiro atoms. The quantitative estimate of drug-likeness (QED) is 0.749. The van der Waals surface area contributed by atoms with Gasteiger partial charge in [0.2, 0.25) is 0 Å². The van der Waals surface area contributed by atoms with Crippen molar-refractivity contribution in [3.8, 4) is 0 Å². The maximum Gasteiger partial charge on any atom is 0.144 e. The summed E-state index contributed by atoms with van der Waals surface area (Å²) in [5, 5.41) is 4.69. The Morgan fingerprint density at radius 1 is 1.00 bits per heavy atom. The number of hydrogen-bond donors (Lipinski definition) is 1. The third-order valence-electron chi connectivity index (χ3n) is 3.40. The van der Waals surface area contributed by atoms with E-state index in [1.54, 1.807) is 0 Å². The van der Waals surface area contributed by atoms with Crippen LogP contribution >= 0.6 is 0 Å². The summed E-state index contributed by atoms with van der Waals surface area (Å²) < 4.78 is 0. The molecule has 0 saturated carbocycles. The van der Waals surface area contributed by atoms with Gasteiger partial charge >= 0.3 is 0 Å². The highest BCUT2D eigenvalue weighted by Gasteiger charge is 2.11. The molecule has 0 aliphatic carbocycles. The first-order valence-corrected chi connectivity index (χ1v) is 6.67. The monoisotopic (exact) mass is 278 g/mol. The van der Waals surface area contributed by atoms with Crippen molar-refractivity contribution in [3.63, 3.8) is 0 Å². The number of benzene rings is 2. The lowest BCUT2D eigenvalue weighted by molar-refractivity contribution is -0.210. The van der Waals surface area contributed by atoms with Gasteiger partial charge < -0.3 is 4.90 Å². The van der Waals surface area contributed by atoms with Gasteiger partial charge in [0.15, 0.2) is 0 Å². The second-order valence-corrected chi connectivity index (χ2v) is 4.82. The number of nitrogens with zero attached hydrogens (tertiary/aromatic N) is 4. The fourth-order valence-corrected chi connectivity index (χ4v) is 2.31. The molecule has 5 nitrogen and oxygen atoms in total. The molecule has 2 aromatic carbocycles. The maximum atomic E-state index is 5.27. The van der Waals surface area contributed by atoms with Crippen LogP contribution in [0.4, 0.5) is 17.2 Å². The van der Waals surface area contributed by atoms with Gasteiger partial charge in [-0.2, -0.15) is 5.53 Å². The summed E-state index contributed by atoms with van der Waals surface area (Å²) in [5.74, 6) is 1.64. The van der Waals surface area contributed by atoms with Crippen LogP contribution in [0.5, 0.6) is 0 Å². The molecule has 5 heteroatoms. The van der Waals surface area contributed by atoms with Gasteiger partial charge in [-0.05, 0) is 48.4 Å². The average Bonchev–Trinajstić information content (AvgIpc) is 2.53. The predicted octanol–water partition coefficient (Wildman–Crippen LogP) is 2.55. The summed E-state index contributed by atoms with van der Waals surface area (Å²) in [5.41, 5.74) is 7.98. The molecule has 0 bridgehead atoms. The Morgan fingerprint density at radius 2 is 1.71 bits per heavy atom. The highest BCUT2D eigenvalue weighted by molar-refractivity contribution is 5.91. The molecular formula is C16H16N5+. The second-order valence-electron chi connectivity index (χ2n) is 4.82. The molecule has 0 atom stereocenters. The molecule has 104 valence electrons. The largest absolute Gasteiger partial charge is 0.329 e. The zero-order valence-electron chi connectivity index (χ0n) is 12.0. The van der Waals surface area contributed by atoms with Crippen LogP contribution in [0.3, 0.4) is 0 Å². The zero-order valence-corrected chi connectivity index (χ0v) is 12.0. The summed E-state index contributed by atoms with van der Waals surface area (Å²) in [7, 11) is 1.99. The van der Waals surface area contributed by atoms with Crippen molar-refractivity contribution in [2.45, 2.75) is 6.92 Å². The normalized spacial score (nSPS) is 10.6. The molecular weight excluding hydrogens is 262 g/mol. The van der Waals surface area contributed by atoms with Crippen molar-refractivity contribution in [2.75, 3.05) is 11.9 Å². The van der Waals surface area contributed by atoms with E-state index in [4.69, 9.17) is 5.53 Å². The SMILES string of the molecule is Cc1nc(N(C)c2ccc(N=[NH2+])cc2)c2ccccc2n1. The number of rotatable bonds is 3. The molecule has 2 N–H and O–H groups in total. The van der Waals surface area contributed by atoms with E-state index in [1.807, 2.05) is 67.4 Å². The standard InChI is InChI=1S/C16H15N5/c1-11-18-15-6-4-3-5-14(15)16(19-11)21(2)13-9-7-12(20-17)8-10-13/h3-10,17H,1-2H3/p+1. The van der Waals surface area contributed by atoms with E-state index in [1.165, 1.54) is 0 Å². The van der Waals surface area contributed by atoms with Crippen molar-refractivity contribution in [2.24, 2.45) is 5.11 Å². The summed E-state index contributed by atoms with van der Waals surface area (Å²) in [4.78, 5) is 11.1. The van der Waals surface area contributed by atoms with Gasteiger partial charge in [0.1, 0.15) is 17.3 Å². The summed E-state index contributed by atoms with van der Waals surface area (Å²) >= 11 is 0. The first-order chi connectivity index (χ1) is 10.2. The molecule has 0 unspecified atom stereocenters. The van der Waals surface area contributed by atoms with Crippen LogP contribution in [0, 0.1) is 6.92 Å². The lowest BCUT2D eigenvalue weighted by Gasteiger charge is -2.20. The summed E-state index contributed by atoms with van der Waals surface area (Å²) in [6, 6.07) is 15.7. The molecule has 3 aromatic rings. The minimum atomic E-state index is 0.746. The van der Waals surface area contributed by atoms with Crippen LogP contribution in [-0.4, -0.2) is 17.0 Å². The molecule has 0 aliphatic heterocycles. The maximum absolute atomic E-state index is 5.27. The van der Waals surface area contributed by atoms with Crippen LogP contribution in [-0.2, 0) is 0 Å². The predicted molar refractivity (Wildman–Crippen MR) is 82.8 cm³/mol. The van der Waals surface area contributed by atoms with Crippen LogP contribution in [0.15, 0.2) is 53.6 Å². The number of anilines is 2. The number of fused-ring (bicyclic) bond motifs is 1. The van der Waals surface area contributed by atoms with Crippen molar-refractivity contribution >= 4 is 28.1 Å². The summed E-state index contributed by atoms with van der Waals surface area (Å²) in [6.45, 7) is 1.90. The Labute approximate surface area is 122 Å². The van der Waals surface area contributed by atoms with E-state index in [0.717, 1.165) is 33.9 Å². The van der Waals surface area contributed by atoms with Crippen molar-refractivity contribution in [1.29, 1.82) is 0 Å². The van der Waals surface area contributed by atoms with Crippen molar-refractivity contribution < 1.29 is 5.53 Å². The fraction of sp³-hybridized carbons (Fsp3) is 0.125. The van der Waals surface area contributed by atoms with E-state index in [-0.39, 0.29) is 0 Å². The van der Waals surface area contributed by atoms with Crippen molar-refractivity contribution in [3.05, 3.63) is 54.4 Å². The van der Waals surface area contributed by atoms with E-state index >= 15 is 0 Å². The smallest absolute Gasteiger partial charge is 0.144 e. The lowest BCUT2D eigenvalue weighted by Crippen LogP contribution is -2.21. The molecule has 0 aliphatic rings. The minimum absolute atomic E-state index is 0.746. The Balaban J connectivity index is 2.11. The number of aromatic nitrogens is 2. The summed E-state index contributed by atoms with van der Waals surface area (Å²) in [6.07, 6.45) is 0. The number of aryl methyl sites for hydroxylation is 1. The van der Waals surface area contributed by atoms with Crippen LogP contribution in [0.2, 0.25) is 0 Å². The molecule has 0 radical (unpaired) electrons. The third kappa shape index (κ3) is 2.45. The Hall–Kier alpha value is -2.82. The van der Waals surface area contributed by atoms with Crippen molar-refractivity contribution in [1.82, 2.24) is 9.97 Å². The lowest BCUT2D eigenvalue weighted by atomic mass is 10.2. The van der Waals surface area contributed by atoms with Gasteiger partial charge in [-0.25, -0.2) is 9.97 Å². The molecule has 0 amide bonds. The number of nitrogens with two attached hydrogens (primary N) is 1. The molecule has 0 fully saturated rings. The highest BCUT2D eigenvalue weighted by atomic mass is 15.2. The minimum Gasteiger partial charge on any atom is -0.329 e. The van der Waals surface area contributed by atoms with Crippen LogP contribution in [0.1, 0.15) is 5.82 Å². The number of hydrogen-bond acceptors (Lipinski definition) is 4. The van der Waals surface area contributed by atoms with Gasteiger partial charge in [-0.1, -0.05) is 12.1 Å². The Bertz CT molecular complexity index is 795. The van der Waals surface area contributed by atoms with E-state index < -0.39 is 0 Å². The fourth-order valence-electron chi connectivity index (χ4n) is 2.31. The molecule has 1 aromatic heterocycles. The third-order valence-corrected chi connectivity index (χ3v) is 3.40. The topological polar surface area (TPSA) is 67.0 Å². The van der Waals surface area contributed by atoms with Crippen LogP contribution < -0.4 is 10.4 Å². The second kappa shape index (κ2) is 5.28. The zero-order chi connectivity index (χ0) is 14.8. The first-order valence-electron chi connectivity index (χ1n) is 6.67. The van der Waals surface area contributed by atoms with Gasteiger partial charge in [0.25, 0.3) is 0 Å².